The first-order valence-corrected chi connectivity index (χ1v) is 19.9. The Morgan fingerprint density at radius 1 is 0.537 bits per heavy atom. The molecular formula is C42H62Br2N2O8. The molecule has 302 valence electrons. The van der Waals surface area contributed by atoms with Crippen LogP contribution in [0.25, 0.3) is 0 Å². The lowest BCUT2D eigenvalue weighted by atomic mass is 9.95. The van der Waals surface area contributed by atoms with Crippen molar-refractivity contribution in [3.63, 3.8) is 0 Å². The Morgan fingerprint density at radius 2 is 0.852 bits per heavy atom. The lowest BCUT2D eigenvalue weighted by molar-refractivity contribution is -0.961. The van der Waals surface area contributed by atoms with Gasteiger partial charge in [-0.25, -0.2) is 0 Å². The largest absolute Gasteiger partial charge is 1.00 e. The van der Waals surface area contributed by atoms with Crippen LogP contribution in [0, 0.1) is 0 Å². The molecule has 12 heteroatoms. The van der Waals surface area contributed by atoms with E-state index in [0.29, 0.717) is 50.6 Å². The van der Waals surface area contributed by atoms with E-state index in [1.54, 1.807) is 0 Å². The molecule has 0 N–H and O–H groups in total. The Bertz CT molecular complexity index is 1420. The zero-order chi connectivity index (χ0) is 36.9. The van der Waals surface area contributed by atoms with E-state index in [0.717, 1.165) is 96.4 Å². The van der Waals surface area contributed by atoms with Crippen LogP contribution in [-0.4, -0.2) is 97.8 Å². The Labute approximate surface area is 343 Å². The molecule has 0 saturated carbocycles. The maximum absolute atomic E-state index is 13.0. The number of hydrogen-bond donors (Lipinski definition) is 0. The van der Waals surface area contributed by atoms with Crippen molar-refractivity contribution in [1.29, 1.82) is 0 Å². The van der Waals surface area contributed by atoms with Crippen molar-refractivity contribution in [2.75, 3.05) is 40.5 Å². The summed E-state index contributed by atoms with van der Waals surface area (Å²) in [6.45, 7) is 12.1. The third kappa shape index (κ3) is 9.87. The number of fused-ring (bicyclic) bond motifs is 4. The Hall–Kier alpha value is -2.54. The number of esters is 2. The van der Waals surface area contributed by atoms with Crippen molar-refractivity contribution in [2.45, 2.75) is 141 Å². The van der Waals surface area contributed by atoms with E-state index in [9.17, 15) is 9.59 Å². The second kappa shape index (κ2) is 19.6. The molecular weight excluding hydrogens is 820 g/mol. The predicted octanol–water partition coefficient (Wildman–Crippen LogP) is 1.14. The molecule has 0 aliphatic carbocycles. The second-order valence-electron chi connectivity index (χ2n) is 15.7. The molecule has 0 radical (unpaired) electrons. The molecule has 4 unspecified atom stereocenters. The van der Waals surface area contributed by atoms with Gasteiger partial charge >= 0.3 is 11.9 Å². The number of halogens is 2. The van der Waals surface area contributed by atoms with Gasteiger partial charge in [0.15, 0.2) is 23.0 Å². The van der Waals surface area contributed by atoms with E-state index < -0.39 is 0 Å². The van der Waals surface area contributed by atoms with Gasteiger partial charge in [0.2, 0.25) is 0 Å². The van der Waals surface area contributed by atoms with Crippen LogP contribution in [0.5, 0.6) is 23.0 Å². The van der Waals surface area contributed by atoms with Gasteiger partial charge in [-0.1, -0.05) is 0 Å². The summed E-state index contributed by atoms with van der Waals surface area (Å²) in [6.07, 6.45) is 7.86. The molecule has 4 atom stereocenters. The third-order valence-corrected chi connectivity index (χ3v) is 12.5. The molecule has 2 aromatic rings. The van der Waals surface area contributed by atoms with Crippen molar-refractivity contribution in [1.82, 2.24) is 0 Å². The molecule has 4 fully saturated rings. The van der Waals surface area contributed by atoms with Crippen molar-refractivity contribution >= 4 is 11.9 Å². The van der Waals surface area contributed by atoms with Gasteiger partial charge in [-0.05, 0) is 64.1 Å². The zero-order valence-electron chi connectivity index (χ0n) is 33.2. The zero-order valence-corrected chi connectivity index (χ0v) is 36.3. The summed E-state index contributed by atoms with van der Waals surface area (Å²) in [5.74, 6) is 2.59. The van der Waals surface area contributed by atoms with E-state index >= 15 is 0 Å². The number of hydrogen-bond acceptors (Lipinski definition) is 8. The van der Waals surface area contributed by atoms with Crippen molar-refractivity contribution in [2.24, 2.45) is 0 Å². The summed E-state index contributed by atoms with van der Waals surface area (Å²) < 4.78 is 37.3. The van der Waals surface area contributed by atoms with Gasteiger partial charge in [-0.3, -0.25) is 9.59 Å². The molecule has 4 bridgehead atoms. The average Bonchev–Trinajstić information content (AvgIpc) is 3.34. The van der Waals surface area contributed by atoms with E-state index in [1.807, 2.05) is 39.8 Å². The average molecular weight is 883 g/mol. The van der Waals surface area contributed by atoms with Gasteiger partial charge in [-0.2, -0.15) is 0 Å². The quantitative estimate of drug-likeness (QED) is 0.173. The monoisotopic (exact) mass is 880 g/mol. The summed E-state index contributed by atoms with van der Waals surface area (Å²) >= 11 is 0. The van der Waals surface area contributed by atoms with Crippen LogP contribution in [0.3, 0.4) is 0 Å². The molecule has 6 rings (SSSR count). The summed E-state index contributed by atoms with van der Waals surface area (Å²) in [7, 11) is 4.70. The van der Waals surface area contributed by atoms with E-state index in [2.05, 4.69) is 38.4 Å². The van der Waals surface area contributed by atoms with E-state index in [1.165, 1.54) is 11.1 Å². The number of rotatable bonds is 17. The molecule has 4 saturated heterocycles. The van der Waals surface area contributed by atoms with E-state index in [4.69, 9.17) is 28.4 Å². The molecule has 10 nitrogen and oxygen atoms in total. The molecule has 54 heavy (non-hydrogen) atoms. The number of benzene rings is 2. The number of carbonyl (C=O) groups is 2. The highest BCUT2D eigenvalue weighted by molar-refractivity contribution is 5.77. The number of quaternary nitrogens is 2. The predicted molar refractivity (Wildman–Crippen MR) is 198 cm³/mol. The van der Waals surface area contributed by atoms with Crippen LogP contribution in [0.1, 0.15) is 103 Å². The lowest BCUT2D eigenvalue weighted by Gasteiger charge is -2.47. The Balaban J connectivity index is 0.00000325. The fourth-order valence-corrected chi connectivity index (χ4v) is 9.96. The number of ether oxygens (including phenoxy) is 6. The topological polar surface area (TPSA) is 89.5 Å². The second-order valence-corrected chi connectivity index (χ2v) is 15.7. The highest BCUT2D eigenvalue weighted by Gasteiger charge is 2.53. The van der Waals surface area contributed by atoms with Crippen molar-refractivity contribution in [3.05, 3.63) is 47.5 Å². The standard InChI is InChI=1S/C42H62N2O8.2BrH/c1-7-47-37-17-11-29(21-39(37)49-9-3)27-43(5)31-13-14-32(43)24-35(23-31)51-41(45)19-20-42(46)52-36-25-33-15-16-34(26-36)44(33,6)28-30-12-18-38(48-8-2)40(22-30)50-10-4;;/h11-12,17-18,21-22,31-36H,7-10,13-16,19-20,23-28H2,1-6H3;2*1H/q+2;;/p-2. The highest BCUT2D eigenvalue weighted by atomic mass is 79.9. The van der Waals surface area contributed by atoms with Crippen LogP contribution in [0.2, 0.25) is 0 Å². The fourth-order valence-electron chi connectivity index (χ4n) is 9.96. The smallest absolute Gasteiger partial charge is 0.306 e. The number of nitrogens with zero attached hydrogens (tertiary/aromatic N) is 2. The first-order chi connectivity index (χ1) is 25.1. The molecule has 4 aliphatic heterocycles. The summed E-state index contributed by atoms with van der Waals surface area (Å²) in [5, 5.41) is 0. The molecule has 0 aromatic heterocycles. The lowest BCUT2D eigenvalue weighted by Crippen LogP contribution is -3.00. The van der Waals surface area contributed by atoms with Crippen LogP contribution in [0.4, 0.5) is 0 Å². The van der Waals surface area contributed by atoms with Gasteiger partial charge in [-0.15, -0.1) is 0 Å². The first-order valence-electron chi connectivity index (χ1n) is 19.9. The Morgan fingerprint density at radius 3 is 1.17 bits per heavy atom. The first kappa shape index (κ1) is 44.2. The number of piperidine rings is 2. The van der Waals surface area contributed by atoms with Crippen LogP contribution in [-0.2, 0) is 32.2 Å². The summed E-state index contributed by atoms with van der Waals surface area (Å²) in [6, 6.07) is 14.3. The number of carbonyl (C=O) groups excluding carboxylic acids is 2. The molecule has 4 heterocycles. The third-order valence-electron chi connectivity index (χ3n) is 12.5. The Kier molecular flexibility index (Phi) is 16.0. The molecule has 0 spiro atoms. The molecule has 2 aromatic carbocycles. The van der Waals surface area contributed by atoms with Gasteiger partial charge in [0.05, 0.1) is 77.5 Å². The van der Waals surface area contributed by atoms with Crippen LogP contribution < -0.4 is 52.9 Å². The maximum Gasteiger partial charge on any atom is 0.306 e. The minimum absolute atomic E-state index is 0. The maximum atomic E-state index is 13.0. The van der Waals surface area contributed by atoms with Gasteiger partial charge in [0.25, 0.3) is 0 Å². The minimum Gasteiger partial charge on any atom is -1.00 e. The normalized spacial score (nSPS) is 29.3. The fraction of sp³-hybridized carbons (Fsp3) is 0.667. The summed E-state index contributed by atoms with van der Waals surface area (Å²) in [5.41, 5.74) is 2.47. The SMILES string of the molecule is CCOc1ccc(C[N+]2(C)C3CCC2CC(OC(=O)CCC(=O)OC2CC4CCC(C2)[N+]4(C)Cc2ccc(OCC)c(OCC)c2)C3)cc1OCC.[Br-].[Br-]. The molecule has 0 amide bonds. The van der Waals surface area contributed by atoms with E-state index in [-0.39, 0.29) is 71.0 Å². The van der Waals surface area contributed by atoms with Crippen LogP contribution >= 0.6 is 0 Å². The minimum atomic E-state index is -0.292. The molecule has 4 aliphatic rings. The van der Waals surface area contributed by atoms with Crippen LogP contribution in [0.15, 0.2) is 36.4 Å². The highest BCUT2D eigenvalue weighted by Crippen LogP contribution is 2.46. The van der Waals surface area contributed by atoms with Crippen molar-refractivity contribution in [3.8, 4) is 23.0 Å². The van der Waals surface area contributed by atoms with Crippen molar-refractivity contribution < 1.29 is 80.9 Å². The van der Waals surface area contributed by atoms with Gasteiger partial charge in [0, 0.05) is 62.5 Å². The summed E-state index contributed by atoms with van der Waals surface area (Å²) in [4.78, 5) is 26.0. The van der Waals surface area contributed by atoms with Gasteiger partial charge < -0.3 is 71.4 Å². The van der Waals surface area contributed by atoms with Gasteiger partial charge in [0.1, 0.15) is 25.3 Å².